The molecule has 0 bridgehead atoms. The van der Waals surface area contributed by atoms with E-state index in [4.69, 9.17) is 5.73 Å². The van der Waals surface area contributed by atoms with Gasteiger partial charge in [0.15, 0.2) is 0 Å². The van der Waals surface area contributed by atoms with Gasteiger partial charge in [-0.25, -0.2) is 13.1 Å². The van der Waals surface area contributed by atoms with E-state index in [0.29, 0.717) is 18.0 Å². The number of aromatic nitrogens is 2. The van der Waals surface area contributed by atoms with Crippen LogP contribution in [0.1, 0.15) is 32.9 Å². The fourth-order valence-electron chi connectivity index (χ4n) is 2.19. The third-order valence-corrected chi connectivity index (χ3v) is 4.91. The second kappa shape index (κ2) is 5.60. The summed E-state index contributed by atoms with van der Waals surface area (Å²) < 4.78 is 29.1. The van der Waals surface area contributed by atoms with Gasteiger partial charge in [-0.05, 0) is 26.2 Å². The molecule has 0 aromatic carbocycles. The number of sulfonamides is 1. The first kappa shape index (κ1) is 16.1. The van der Waals surface area contributed by atoms with Crippen LogP contribution in [0.5, 0.6) is 0 Å². The molecule has 0 saturated carbocycles. The van der Waals surface area contributed by atoms with Gasteiger partial charge in [0.1, 0.15) is 4.90 Å². The quantitative estimate of drug-likeness (QED) is 0.809. The molecule has 1 unspecified atom stereocenters. The van der Waals surface area contributed by atoms with Gasteiger partial charge in [-0.1, -0.05) is 13.8 Å². The van der Waals surface area contributed by atoms with Crippen molar-refractivity contribution in [2.45, 2.75) is 44.6 Å². The molecule has 7 heteroatoms. The van der Waals surface area contributed by atoms with Crippen molar-refractivity contribution in [2.24, 2.45) is 18.7 Å². The fourth-order valence-corrected chi connectivity index (χ4v) is 3.82. The average molecular weight is 288 g/mol. The Morgan fingerprint density at radius 3 is 2.47 bits per heavy atom. The van der Waals surface area contributed by atoms with Gasteiger partial charge in [0.05, 0.1) is 11.9 Å². The minimum absolute atomic E-state index is 0.207. The highest BCUT2D eigenvalue weighted by Gasteiger charge is 2.31. The lowest BCUT2D eigenvalue weighted by Gasteiger charge is -2.30. The van der Waals surface area contributed by atoms with Crippen LogP contribution in [0.3, 0.4) is 0 Å². The van der Waals surface area contributed by atoms with Crippen LogP contribution in [0.25, 0.3) is 0 Å². The summed E-state index contributed by atoms with van der Waals surface area (Å²) in [5.41, 5.74) is 5.70. The topological polar surface area (TPSA) is 90.0 Å². The van der Waals surface area contributed by atoms with Crippen molar-refractivity contribution in [3.63, 3.8) is 0 Å². The number of hydrogen-bond donors (Lipinski definition) is 2. The van der Waals surface area contributed by atoms with Gasteiger partial charge in [0.2, 0.25) is 10.0 Å². The zero-order valence-electron chi connectivity index (χ0n) is 12.3. The fraction of sp³-hybridized carbons (Fsp3) is 0.750. The standard InChI is InChI=1S/C12H24N4O2S/c1-9(2)6-12(4,8-13)15-19(17,18)11-7-14-16(5)10(11)3/h7,9,15H,6,8,13H2,1-5H3. The lowest BCUT2D eigenvalue weighted by Crippen LogP contribution is -2.52. The Balaban J connectivity index is 3.05. The Labute approximate surface area is 115 Å². The maximum absolute atomic E-state index is 12.4. The maximum atomic E-state index is 12.4. The van der Waals surface area contributed by atoms with Crippen LogP contribution in [0.15, 0.2) is 11.1 Å². The van der Waals surface area contributed by atoms with E-state index in [9.17, 15) is 8.42 Å². The number of aryl methyl sites for hydroxylation is 1. The molecule has 6 nitrogen and oxygen atoms in total. The van der Waals surface area contributed by atoms with Crippen LogP contribution in [0, 0.1) is 12.8 Å². The van der Waals surface area contributed by atoms with Crippen LogP contribution < -0.4 is 10.5 Å². The first-order valence-corrected chi connectivity index (χ1v) is 7.82. The molecule has 1 atom stereocenters. The molecule has 3 N–H and O–H groups in total. The van der Waals surface area contributed by atoms with Crippen molar-refractivity contribution in [2.75, 3.05) is 6.54 Å². The molecule has 110 valence electrons. The third-order valence-electron chi connectivity index (χ3n) is 3.17. The zero-order valence-corrected chi connectivity index (χ0v) is 13.1. The van der Waals surface area contributed by atoms with Crippen LogP contribution >= 0.6 is 0 Å². The summed E-state index contributed by atoms with van der Waals surface area (Å²) >= 11 is 0. The second-order valence-corrected chi connectivity index (χ2v) is 7.34. The molecule has 19 heavy (non-hydrogen) atoms. The highest BCUT2D eigenvalue weighted by molar-refractivity contribution is 7.89. The van der Waals surface area contributed by atoms with Crippen molar-refractivity contribution in [3.05, 3.63) is 11.9 Å². The molecule has 0 aliphatic carbocycles. The molecule has 1 aromatic heterocycles. The van der Waals surface area contributed by atoms with Gasteiger partial charge in [-0.15, -0.1) is 0 Å². The number of nitrogens with zero attached hydrogens (tertiary/aromatic N) is 2. The van der Waals surface area contributed by atoms with E-state index in [-0.39, 0.29) is 11.4 Å². The summed E-state index contributed by atoms with van der Waals surface area (Å²) in [6.07, 6.45) is 2.05. The molecule has 0 aliphatic rings. The molecule has 0 fully saturated rings. The van der Waals surface area contributed by atoms with Crippen LogP contribution in [-0.4, -0.2) is 30.3 Å². The molecular formula is C12H24N4O2S. The Kier molecular flexibility index (Phi) is 4.76. The minimum atomic E-state index is -3.60. The van der Waals surface area contributed by atoms with Gasteiger partial charge < -0.3 is 5.73 Å². The largest absolute Gasteiger partial charge is 0.329 e. The molecule has 0 spiro atoms. The van der Waals surface area contributed by atoms with Crippen LogP contribution in [0.4, 0.5) is 0 Å². The normalized spacial score (nSPS) is 15.7. The van der Waals surface area contributed by atoms with E-state index in [1.165, 1.54) is 10.9 Å². The smallest absolute Gasteiger partial charge is 0.244 e. The van der Waals surface area contributed by atoms with E-state index >= 15 is 0 Å². The van der Waals surface area contributed by atoms with Gasteiger partial charge in [-0.3, -0.25) is 4.68 Å². The molecule has 1 rings (SSSR count). The number of nitrogens with two attached hydrogens (primary N) is 1. The first-order valence-electron chi connectivity index (χ1n) is 6.34. The Bertz CT molecular complexity index is 536. The van der Waals surface area contributed by atoms with Crippen molar-refractivity contribution < 1.29 is 8.42 Å². The molecule has 0 amide bonds. The van der Waals surface area contributed by atoms with Crippen molar-refractivity contribution in [3.8, 4) is 0 Å². The number of nitrogens with one attached hydrogen (secondary N) is 1. The Morgan fingerprint density at radius 1 is 1.53 bits per heavy atom. The predicted octanol–water partition coefficient (Wildman–Crippen LogP) is 0.770. The summed E-state index contributed by atoms with van der Waals surface area (Å²) in [7, 11) is -1.89. The van der Waals surface area contributed by atoms with Gasteiger partial charge >= 0.3 is 0 Å². The Hall–Kier alpha value is -0.920. The summed E-state index contributed by atoms with van der Waals surface area (Å²) in [5, 5.41) is 3.97. The van der Waals surface area contributed by atoms with E-state index in [1.807, 2.05) is 20.8 Å². The lowest BCUT2D eigenvalue weighted by molar-refractivity contribution is 0.344. The summed E-state index contributed by atoms with van der Waals surface area (Å²) in [6, 6.07) is 0. The highest BCUT2D eigenvalue weighted by atomic mass is 32.2. The van der Waals surface area contributed by atoms with E-state index in [0.717, 1.165) is 0 Å². The summed E-state index contributed by atoms with van der Waals surface area (Å²) in [6.45, 7) is 7.89. The van der Waals surface area contributed by atoms with Crippen molar-refractivity contribution >= 4 is 10.0 Å². The number of hydrogen-bond acceptors (Lipinski definition) is 4. The molecule has 0 aliphatic heterocycles. The number of rotatable bonds is 6. The van der Waals surface area contributed by atoms with Gasteiger partial charge in [0, 0.05) is 19.1 Å². The van der Waals surface area contributed by atoms with Crippen LogP contribution in [0.2, 0.25) is 0 Å². The second-order valence-electron chi connectivity index (χ2n) is 5.69. The molecular weight excluding hydrogens is 264 g/mol. The highest BCUT2D eigenvalue weighted by Crippen LogP contribution is 2.20. The van der Waals surface area contributed by atoms with E-state index in [2.05, 4.69) is 9.82 Å². The third kappa shape index (κ3) is 3.77. The minimum Gasteiger partial charge on any atom is -0.329 e. The molecule has 0 saturated heterocycles. The zero-order chi connectivity index (χ0) is 14.8. The Morgan fingerprint density at radius 2 is 2.11 bits per heavy atom. The summed E-state index contributed by atoms with van der Waals surface area (Å²) in [4.78, 5) is 0.207. The van der Waals surface area contributed by atoms with E-state index in [1.54, 1.807) is 14.0 Å². The average Bonchev–Trinajstić information content (AvgIpc) is 2.58. The van der Waals surface area contributed by atoms with Crippen molar-refractivity contribution in [1.29, 1.82) is 0 Å². The SMILES string of the molecule is Cc1c(S(=O)(=O)NC(C)(CN)CC(C)C)cnn1C. The van der Waals surface area contributed by atoms with Crippen molar-refractivity contribution in [1.82, 2.24) is 14.5 Å². The molecule has 1 aromatic rings. The maximum Gasteiger partial charge on any atom is 0.244 e. The van der Waals surface area contributed by atoms with Gasteiger partial charge in [0.25, 0.3) is 0 Å². The summed E-state index contributed by atoms with van der Waals surface area (Å²) in [5.74, 6) is 0.353. The molecule has 0 radical (unpaired) electrons. The monoisotopic (exact) mass is 288 g/mol. The molecule has 1 heterocycles. The predicted molar refractivity (Wildman–Crippen MR) is 75.2 cm³/mol. The van der Waals surface area contributed by atoms with E-state index < -0.39 is 15.6 Å². The first-order chi connectivity index (χ1) is 8.61. The lowest BCUT2D eigenvalue weighted by atomic mass is 9.92. The van der Waals surface area contributed by atoms with Gasteiger partial charge in [-0.2, -0.15) is 5.10 Å². The van der Waals surface area contributed by atoms with Crippen LogP contribution in [-0.2, 0) is 17.1 Å².